The maximum atomic E-state index is 13.1. The van der Waals surface area contributed by atoms with Crippen LogP contribution in [0, 0.1) is 0 Å². The molecule has 2 aromatic carbocycles. The van der Waals surface area contributed by atoms with Crippen LogP contribution >= 0.6 is 23.2 Å². The second-order valence-corrected chi connectivity index (χ2v) is 7.77. The quantitative estimate of drug-likeness (QED) is 0.719. The van der Waals surface area contributed by atoms with E-state index in [1.54, 1.807) is 12.1 Å². The molecule has 138 valence electrons. The molecule has 0 aromatic heterocycles. The average Bonchev–Trinajstić information content (AvgIpc) is 3.19. The van der Waals surface area contributed by atoms with Gasteiger partial charge in [-0.15, -0.1) is 0 Å². The molecule has 3 nitrogen and oxygen atoms in total. The second-order valence-electron chi connectivity index (χ2n) is 6.96. The molecular weight excluding hydrogens is 367 g/mol. The molecule has 26 heavy (non-hydrogen) atoms. The minimum absolute atomic E-state index is 0.0571. The van der Waals surface area contributed by atoms with Gasteiger partial charge in [0.1, 0.15) is 5.66 Å². The first kappa shape index (κ1) is 19.2. The zero-order chi connectivity index (χ0) is 18.7. The van der Waals surface area contributed by atoms with Gasteiger partial charge in [0.15, 0.2) is 0 Å². The van der Waals surface area contributed by atoms with E-state index in [0.717, 1.165) is 37.1 Å². The number of rotatable bonds is 5. The summed E-state index contributed by atoms with van der Waals surface area (Å²) in [6.45, 7) is 4.13. The van der Waals surface area contributed by atoms with Crippen molar-refractivity contribution < 1.29 is 4.79 Å². The van der Waals surface area contributed by atoms with Crippen LogP contribution in [0.4, 0.5) is 0 Å². The molecule has 1 amide bonds. The van der Waals surface area contributed by atoms with Gasteiger partial charge in [-0.1, -0.05) is 59.6 Å². The van der Waals surface area contributed by atoms with E-state index in [9.17, 15) is 4.79 Å². The van der Waals surface area contributed by atoms with Gasteiger partial charge in [-0.25, -0.2) is 0 Å². The van der Waals surface area contributed by atoms with Crippen LogP contribution in [0.5, 0.6) is 0 Å². The monoisotopic (exact) mass is 390 g/mol. The van der Waals surface area contributed by atoms with Crippen molar-refractivity contribution >= 4 is 29.1 Å². The Labute approximate surface area is 165 Å². The molecule has 1 heterocycles. The number of likely N-dealkylation sites (tertiary alicyclic amines) is 1. The summed E-state index contributed by atoms with van der Waals surface area (Å²) in [5.41, 5.74) is 1.53. The van der Waals surface area contributed by atoms with Crippen molar-refractivity contribution in [2.45, 2.75) is 31.8 Å². The van der Waals surface area contributed by atoms with Crippen molar-refractivity contribution in [3.05, 3.63) is 69.7 Å². The predicted octanol–water partition coefficient (Wildman–Crippen LogP) is 4.96. The predicted molar refractivity (Wildman–Crippen MR) is 108 cm³/mol. The van der Waals surface area contributed by atoms with Crippen molar-refractivity contribution in [3.8, 4) is 0 Å². The Hall–Kier alpha value is -1.55. The minimum Gasteiger partial charge on any atom is -0.323 e. The van der Waals surface area contributed by atoms with E-state index >= 15 is 0 Å². The highest BCUT2D eigenvalue weighted by molar-refractivity contribution is 6.42. The lowest BCUT2D eigenvalue weighted by Crippen LogP contribution is -2.56. The van der Waals surface area contributed by atoms with Crippen molar-refractivity contribution in [3.63, 3.8) is 0 Å². The SMILES string of the molecule is CN(C(=O)Cc1ccc(Cl)c(Cl)c1)[C@@](C)(c1ccccc1)N1CCCC1. The number of carbonyl (C=O) groups is 1. The lowest BCUT2D eigenvalue weighted by molar-refractivity contribution is -0.143. The van der Waals surface area contributed by atoms with Crippen LogP contribution in [0.15, 0.2) is 48.5 Å². The van der Waals surface area contributed by atoms with Crippen molar-refractivity contribution in [1.82, 2.24) is 9.80 Å². The minimum atomic E-state index is -0.467. The molecule has 1 saturated heterocycles. The van der Waals surface area contributed by atoms with Gasteiger partial charge in [0, 0.05) is 20.1 Å². The van der Waals surface area contributed by atoms with E-state index in [1.807, 2.05) is 36.2 Å². The Morgan fingerprint density at radius 2 is 1.73 bits per heavy atom. The number of hydrogen-bond donors (Lipinski definition) is 0. The Kier molecular flexibility index (Phi) is 5.91. The molecule has 1 atom stereocenters. The van der Waals surface area contributed by atoms with Crippen LogP contribution in [0.2, 0.25) is 10.0 Å². The smallest absolute Gasteiger partial charge is 0.228 e. The molecule has 1 aliphatic rings. The normalized spacial score (nSPS) is 17.1. The summed E-state index contributed by atoms with van der Waals surface area (Å²) in [7, 11) is 1.89. The average molecular weight is 391 g/mol. The standard InChI is InChI=1S/C21H24Cl2N2O/c1-21(25-12-6-7-13-25,17-8-4-3-5-9-17)24(2)20(26)15-16-10-11-18(22)19(23)14-16/h3-5,8-11,14H,6-7,12-13,15H2,1-2H3/t21-/m1/s1. The summed E-state index contributed by atoms with van der Waals surface area (Å²) in [4.78, 5) is 17.4. The van der Waals surface area contributed by atoms with E-state index in [1.165, 1.54) is 0 Å². The maximum absolute atomic E-state index is 13.1. The fourth-order valence-corrected chi connectivity index (χ4v) is 4.00. The molecule has 0 bridgehead atoms. The van der Waals surface area contributed by atoms with Gasteiger partial charge in [-0.3, -0.25) is 9.69 Å². The highest BCUT2D eigenvalue weighted by atomic mass is 35.5. The highest BCUT2D eigenvalue weighted by Crippen LogP contribution is 2.34. The van der Waals surface area contributed by atoms with E-state index in [0.29, 0.717) is 16.5 Å². The van der Waals surface area contributed by atoms with Crippen LogP contribution in [0.1, 0.15) is 30.9 Å². The second kappa shape index (κ2) is 7.99. The topological polar surface area (TPSA) is 23.6 Å². The summed E-state index contributed by atoms with van der Waals surface area (Å²) in [6, 6.07) is 15.6. The summed E-state index contributed by atoms with van der Waals surface area (Å²) in [5.74, 6) is 0.0571. The fraction of sp³-hybridized carbons (Fsp3) is 0.381. The molecule has 0 spiro atoms. The molecule has 0 radical (unpaired) electrons. The van der Waals surface area contributed by atoms with E-state index < -0.39 is 5.66 Å². The van der Waals surface area contributed by atoms with Gasteiger partial charge < -0.3 is 4.90 Å². The summed E-state index contributed by atoms with van der Waals surface area (Å²) in [6.07, 6.45) is 2.62. The fourth-order valence-electron chi connectivity index (χ4n) is 3.68. The molecule has 0 unspecified atom stereocenters. The zero-order valence-corrected chi connectivity index (χ0v) is 16.7. The van der Waals surface area contributed by atoms with Crippen molar-refractivity contribution in [2.75, 3.05) is 20.1 Å². The molecule has 1 fully saturated rings. The van der Waals surface area contributed by atoms with Crippen LogP contribution in [0.3, 0.4) is 0 Å². The van der Waals surface area contributed by atoms with Crippen molar-refractivity contribution in [1.29, 1.82) is 0 Å². The summed E-state index contributed by atoms with van der Waals surface area (Å²) in [5, 5.41) is 0.979. The Balaban J connectivity index is 1.88. The maximum Gasteiger partial charge on any atom is 0.228 e. The third kappa shape index (κ3) is 3.75. The molecule has 3 rings (SSSR count). The number of nitrogens with zero attached hydrogens (tertiary/aromatic N) is 2. The number of carbonyl (C=O) groups excluding carboxylic acids is 1. The van der Waals surface area contributed by atoms with Gasteiger partial charge in [0.2, 0.25) is 5.91 Å². The van der Waals surface area contributed by atoms with Crippen LogP contribution in [-0.2, 0) is 16.9 Å². The van der Waals surface area contributed by atoms with E-state index in [2.05, 4.69) is 24.0 Å². The van der Waals surface area contributed by atoms with Crippen LogP contribution in [-0.4, -0.2) is 35.8 Å². The lowest BCUT2D eigenvalue weighted by Gasteiger charge is -2.46. The first-order valence-electron chi connectivity index (χ1n) is 8.94. The number of halogens is 2. The molecule has 0 aliphatic carbocycles. The number of amides is 1. The molecule has 0 N–H and O–H groups in total. The van der Waals surface area contributed by atoms with E-state index in [-0.39, 0.29) is 5.91 Å². The van der Waals surface area contributed by atoms with Gasteiger partial charge in [-0.05, 0) is 43.0 Å². The Morgan fingerprint density at radius 3 is 2.35 bits per heavy atom. The number of hydrogen-bond acceptors (Lipinski definition) is 2. The van der Waals surface area contributed by atoms with Crippen LogP contribution < -0.4 is 0 Å². The molecule has 2 aromatic rings. The van der Waals surface area contributed by atoms with Crippen LogP contribution in [0.25, 0.3) is 0 Å². The Morgan fingerprint density at radius 1 is 1.08 bits per heavy atom. The molecule has 5 heteroatoms. The van der Waals surface area contributed by atoms with Gasteiger partial charge >= 0.3 is 0 Å². The third-order valence-electron chi connectivity index (χ3n) is 5.41. The van der Waals surface area contributed by atoms with Gasteiger partial charge in [0.25, 0.3) is 0 Å². The summed E-state index contributed by atoms with van der Waals surface area (Å²) >= 11 is 12.1. The van der Waals surface area contributed by atoms with Gasteiger partial charge in [-0.2, -0.15) is 0 Å². The van der Waals surface area contributed by atoms with Gasteiger partial charge in [0.05, 0.1) is 16.5 Å². The molecular formula is C21H24Cl2N2O. The molecule has 1 aliphatic heterocycles. The third-order valence-corrected chi connectivity index (χ3v) is 6.15. The number of likely N-dealkylation sites (N-methyl/N-ethyl adjacent to an activating group) is 1. The van der Waals surface area contributed by atoms with E-state index in [4.69, 9.17) is 23.2 Å². The highest BCUT2D eigenvalue weighted by Gasteiger charge is 2.41. The Bertz CT molecular complexity index is 775. The zero-order valence-electron chi connectivity index (χ0n) is 15.2. The summed E-state index contributed by atoms with van der Waals surface area (Å²) < 4.78 is 0. The molecule has 0 saturated carbocycles. The largest absolute Gasteiger partial charge is 0.323 e. The first-order chi connectivity index (χ1) is 12.4. The lowest BCUT2D eigenvalue weighted by atomic mass is 9.97. The number of benzene rings is 2. The van der Waals surface area contributed by atoms with Crippen molar-refractivity contribution in [2.24, 2.45) is 0 Å². The first-order valence-corrected chi connectivity index (χ1v) is 9.69.